The van der Waals surface area contributed by atoms with Crippen LogP contribution in [0, 0.1) is 11.8 Å². The van der Waals surface area contributed by atoms with E-state index in [1.807, 2.05) is 29.2 Å². The Morgan fingerprint density at radius 3 is 2.61 bits per heavy atom. The molecule has 3 atom stereocenters. The van der Waals surface area contributed by atoms with Crippen LogP contribution in [0.25, 0.3) is 0 Å². The monoisotopic (exact) mass is 406 g/mol. The molecule has 1 amide bonds. The molecular weight excluding hydrogens is 384 g/mol. The molecule has 0 aliphatic carbocycles. The number of methoxy groups -OCH3 is 1. The fraction of sp³-hybridized carbons (Fsp3) is 0.421. The van der Waals surface area contributed by atoms with Gasteiger partial charge in [-0.15, -0.1) is 12.4 Å². The number of aromatic amines is 1. The smallest absolute Gasteiger partial charge is 0.328 e. The maximum atomic E-state index is 13.0. The van der Waals surface area contributed by atoms with Crippen LogP contribution in [0.4, 0.5) is 0 Å². The normalized spacial score (nSPS) is 23.2. The zero-order valence-electron chi connectivity index (χ0n) is 15.5. The van der Waals surface area contributed by atoms with E-state index in [-0.39, 0.29) is 30.9 Å². The van der Waals surface area contributed by atoms with Gasteiger partial charge in [0.2, 0.25) is 5.91 Å². The van der Waals surface area contributed by atoms with Gasteiger partial charge in [0.15, 0.2) is 0 Å². The fourth-order valence-corrected chi connectivity index (χ4v) is 4.21. The highest BCUT2D eigenvalue weighted by molar-refractivity contribution is 5.85. The van der Waals surface area contributed by atoms with E-state index in [0.717, 1.165) is 24.4 Å². The Bertz CT molecular complexity index is 955. The molecule has 2 aromatic rings. The van der Waals surface area contributed by atoms with Crippen molar-refractivity contribution in [1.29, 1.82) is 0 Å². The van der Waals surface area contributed by atoms with Crippen LogP contribution in [-0.2, 0) is 11.3 Å². The summed E-state index contributed by atoms with van der Waals surface area (Å²) in [7, 11) is 1.62. The van der Waals surface area contributed by atoms with Gasteiger partial charge in [0.25, 0.3) is 5.56 Å². The first-order valence-electron chi connectivity index (χ1n) is 9.00. The maximum Gasteiger partial charge on any atom is 0.328 e. The Balaban J connectivity index is 0.00000225. The standard InChI is InChI=1S/C19H22N4O4.ClH/c1-27-14-4-2-12(3-5-14)18-15-9-20-8-13(15)10-23(18)17(25)11-22-7-6-16(24)21-19(22)26;/h2-7,13,15,18,20H,8-11H2,1H3,(H,21,24,26);1H/t13-,15-,18-;/m0./s1. The van der Waals surface area contributed by atoms with Gasteiger partial charge in [-0.3, -0.25) is 19.1 Å². The number of nitrogens with zero attached hydrogens (tertiary/aromatic N) is 2. The SMILES string of the molecule is COc1ccc([C@H]2[C@H]3CNC[C@H]3CN2C(=O)Cn2ccc(=O)[nH]c2=O)cc1.Cl. The van der Waals surface area contributed by atoms with Crippen molar-refractivity contribution in [2.75, 3.05) is 26.7 Å². The van der Waals surface area contributed by atoms with E-state index < -0.39 is 11.2 Å². The minimum Gasteiger partial charge on any atom is -0.497 e. The molecule has 2 aliphatic heterocycles. The van der Waals surface area contributed by atoms with Crippen LogP contribution in [0.5, 0.6) is 5.75 Å². The van der Waals surface area contributed by atoms with Crippen molar-refractivity contribution < 1.29 is 9.53 Å². The number of carbonyl (C=O) groups is 1. The summed E-state index contributed by atoms with van der Waals surface area (Å²) in [6.07, 6.45) is 1.36. The summed E-state index contributed by atoms with van der Waals surface area (Å²) >= 11 is 0. The second kappa shape index (κ2) is 8.20. The van der Waals surface area contributed by atoms with E-state index in [9.17, 15) is 14.4 Å². The zero-order chi connectivity index (χ0) is 19.0. The number of H-pyrrole nitrogens is 1. The highest BCUT2D eigenvalue weighted by Gasteiger charge is 2.46. The second-order valence-corrected chi connectivity index (χ2v) is 7.08. The minimum absolute atomic E-state index is 0. The molecule has 4 rings (SSSR count). The number of fused-ring (bicyclic) bond motifs is 1. The number of carbonyl (C=O) groups excluding carboxylic acids is 1. The molecule has 2 N–H and O–H groups in total. The van der Waals surface area contributed by atoms with E-state index in [2.05, 4.69) is 10.3 Å². The third-order valence-electron chi connectivity index (χ3n) is 5.54. The summed E-state index contributed by atoms with van der Waals surface area (Å²) in [5.74, 6) is 1.39. The average molecular weight is 407 g/mol. The molecule has 0 saturated carbocycles. The number of likely N-dealkylation sites (tertiary alicyclic amines) is 1. The Morgan fingerprint density at radius 1 is 1.18 bits per heavy atom. The molecule has 2 fully saturated rings. The van der Waals surface area contributed by atoms with E-state index in [4.69, 9.17) is 4.74 Å². The first-order valence-corrected chi connectivity index (χ1v) is 9.00. The lowest BCUT2D eigenvalue weighted by molar-refractivity contribution is -0.133. The third-order valence-corrected chi connectivity index (χ3v) is 5.54. The van der Waals surface area contributed by atoms with Gasteiger partial charge in [-0.1, -0.05) is 12.1 Å². The topological polar surface area (TPSA) is 96.4 Å². The van der Waals surface area contributed by atoms with Crippen LogP contribution in [0.15, 0.2) is 46.1 Å². The molecule has 8 nitrogen and oxygen atoms in total. The molecule has 1 aromatic heterocycles. The van der Waals surface area contributed by atoms with Crippen molar-refractivity contribution in [1.82, 2.24) is 19.8 Å². The second-order valence-electron chi connectivity index (χ2n) is 7.08. The lowest BCUT2D eigenvalue weighted by Gasteiger charge is -2.28. The molecule has 1 aromatic carbocycles. The number of amides is 1. The molecule has 0 spiro atoms. The summed E-state index contributed by atoms with van der Waals surface area (Å²) in [4.78, 5) is 40.2. The van der Waals surface area contributed by atoms with Crippen molar-refractivity contribution in [3.63, 3.8) is 0 Å². The van der Waals surface area contributed by atoms with Crippen LogP contribution in [0.2, 0.25) is 0 Å². The maximum absolute atomic E-state index is 13.0. The Labute approximate surface area is 167 Å². The molecule has 2 saturated heterocycles. The predicted octanol–water partition coefficient (Wildman–Crippen LogP) is 0.386. The van der Waals surface area contributed by atoms with Crippen LogP contribution in [0.3, 0.4) is 0 Å². The number of ether oxygens (including phenoxy) is 1. The molecule has 2 aliphatic rings. The zero-order valence-corrected chi connectivity index (χ0v) is 16.3. The quantitative estimate of drug-likeness (QED) is 0.765. The molecule has 0 bridgehead atoms. The largest absolute Gasteiger partial charge is 0.497 e. The summed E-state index contributed by atoms with van der Waals surface area (Å²) < 4.78 is 6.47. The predicted molar refractivity (Wildman–Crippen MR) is 106 cm³/mol. The van der Waals surface area contributed by atoms with Crippen molar-refractivity contribution in [3.8, 4) is 5.75 Å². The van der Waals surface area contributed by atoms with Gasteiger partial charge in [0, 0.05) is 37.8 Å². The minimum atomic E-state index is -0.571. The van der Waals surface area contributed by atoms with Gasteiger partial charge >= 0.3 is 5.69 Å². The van der Waals surface area contributed by atoms with Gasteiger partial charge < -0.3 is 15.0 Å². The summed E-state index contributed by atoms with van der Waals surface area (Å²) in [5, 5.41) is 3.41. The van der Waals surface area contributed by atoms with E-state index in [0.29, 0.717) is 18.4 Å². The summed E-state index contributed by atoms with van der Waals surface area (Å²) in [6.45, 7) is 2.32. The van der Waals surface area contributed by atoms with Gasteiger partial charge in [-0.25, -0.2) is 4.79 Å². The molecule has 3 heterocycles. The number of rotatable bonds is 4. The van der Waals surface area contributed by atoms with Gasteiger partial charge in [0.1, 0.15) is 12.3 Å². The van der Waals surface area contributed by atoms with Crippen molar-refractivity contribution in [3.05, 3.63) is 62.9 Å². The van der Waals surface area contributed by atoms with E-state index >= 15 is 0 Å². The number of hydrogen-bond acceptors (Lipinski definition) is 5. The van der Waals surface area contributed by atoms with Crippen LogP contribution < -0.4 is 21.3 Å². The van der Waals surface area contributed by atoms with Crippen LogP contribution in [0.1, 0.15) is 11.6 Å². The average Bonchev–Trinajstić information content (AvgIpc) is 3.25. The third kappa shape index (κ3) is 3.70. The lowest BCUT2D eigenvalue weighted by Crippen LogP contribution is -2.39. The van der Waals surface area contributed by atoms with E-state index in [1.54, 1.807) is 7.11 Å². The number of hydrogen-bond donors (Lipinski definition) is 2. The first kappa shape index (κ1) is 20.2. The fourth-order valence-electron chi connectivity index (χ4n) is 4.21. The van der Waals surface area contributed by atoms with Gasteiger partial charge in [0.05, 0.1) is 13.2 Å². The van der Waals surface area contributed by atoms with Crippen molar-refractivity contribution >= 4 is 18.3 Å². The molecule has 9 heteroatoms. The molecule has 28 heavy (non-hydrogen) atoms. The Morgan fingerprint density at radius 2 is 1.93 bits per heavy atom. The Kier molecular flexibility index (Phi) is 5.90. The van der Waals surface area contributed by atoms with Gasteiger partial charge in [-0.05, 0) is 23.6 Å². The van der Waals surface area contributed by atoms with Crippen molar-refractivity contribution in [2.24, 2.45) is 11.8 Å². The number of nitrogens with one attached hydrogen (secondary N) is 2. The molecular formula is C19H23ClN4O4. The highest BCUT2D eigenvalue weighted by Crippen LogP contribution is 2.43. The number of halogens is 1. The van der Waals surface area contributed by atoms with Crippen molar-refractivity contribution in [2.45, 2.75) is 12.6 Å². The molecule has 0 unspecified atom stereocenters. The molecule has 150 valence electrons. The molecule has 0 radical (unpaired) electrons. The first-order chi connectivity index (χ1) is 13.1. The van der Waals surface area contributed by atoms with Crippen LogP contribution in [-0.4, -0.2) is 47.1 Å². The highest BCUT2D eigenvalue weighted by atomic mass is 35.5. The summed E-state index contributed by atoms with van der Waals surface area (Å²) in [6, 6.07) is 9.01. The number of aromatic nitrogens is 2. The van der Waals surface area contributed by atoms with E-state index in [1.165, 1.54) is 16.8 Å². The van der Waals surface area contributed by atoms with Crippen LogP contribution >= 0.6 is 12.4 Å². The summed E-state index contributed by atoms with van der Waals surface area (Å²) in [5.41, 5.74) is 0.0219. The lowest BCUT2D eigenvalue weighted by atomic mass is 9.89. The number of benzene rings is 1. The Hall–Kier alpha value is -2.58. The van der Waals surface area contributed by atoms with Gasteiger partial charge in [-0.2, -0.15) is 0 Å².